The molecule has 0 saturated heterocycles. The van der Waals surface area contributed by atoms with Crippen molar-refractivity contribution in [2.24, 2.45) is 0 Å². The van der Waals surface area contributed by atoms with Crippen LogP contribution < -0.4 is 0 Å². The average molecular weight is 273 g/mol. The normalized spacial score (nSPS) is 10.5. The Hall–Kier alpha value is -0.770. The van der Waals surface area contributed by atoms with Crippen LogP contribution >= 0.6 is 0 Å². The molecule has 0 aliphatic rings. The van der Waals surface area contributed by atoms with E-state index in [1.54, 1.807) is 11.8 Å². The monoisotopic (exact) mass is 273 g/mol. The fraction of sp³-hybridized carbons (Fsp3) is 0.933. The molecule has 0 rings (SSSR count). The van der Waals surface area contributed by atoms with Crippen LogP contribution in [0.25, 0.3) is 0 Å². The smallest absolute Gasteiger partial charge is 0.409 e. The number of aliphatic hydroxyl groups is 1. The summed E-state index contributed by atoms with van der Waals surface area (Å²) in [5, 5.41) is 8.93. The third-order valence-electron chi connectivity index (χ3n) is 3.18. The molecule has 114 valence electrons. The van der Waals surface area contributed by atoms with E-state index in [1.807, 2.05) is 0 Å². The minimum Gasteiger partial charge on any atom is -0.450 e. The summed E-state index contributed by atoms with van der Waals surface area (Å²) in [7, 11) is 0. The second kappa shape index (κ2) is 13.7. The fourth-order valence-corrected chi connectivity index (χ4v) is 2.07. The lowest BCUT2D eigenvalue weighted by Gasteiger charge is -2.20. The maximum atomic E-state index is 11.6. The minimum absolute atomic E-state index is 0.00413. The molecule has 0 radical (unpaired) electrons. The lowest BCUT2D eigenvalue weighted by molar-refractivity contribution is 0.0976. The van der Waals surface area contributed by atoms with E-state index in [9.17, 15) is 4.79 Å². The number of carbonyl (C=O) groups excluding carboxylic acids is 1. The van der Waals surface area contributed by atoms with Crippen LogP contribution in [0.2, 0.25) is 0 Å². The van der Waals surface area contributed by atoms with Crippen LogP contribution in [0.15, 0.2) is 0 Å². The maximum absolute atomic E-state index is 11.6. The molecule has 0 aliphatic carbocycles. The average Bonchev–Trinajstić information content (AvgIpc) is 2.40. The second-order valence-electron chi connectivity index (χ2n) is 4.88. The molecule has 0 aromatic rings. The van der Waals surface area contributed by atoms with Gasteiger partial charge < -0.3 is 14.7 Å². The van der Waals surface area contributed by atoms with Crippen LogP contribution in [0.1, 0.15) is 65.2 Å². The van der Waals surface area contributed by atoms with Gasteiger partial charge >= 0.3 is 6.09 Å². The highest BCUT2D eigenvalue weighted by Crippen LogP contribution is 2.09. The van der Waals surface area contributed by atoms with Crippen molar-refractivity contribution < 1.29 is 14.6 Å². The van der Waals surface area contributed by atoms with E-state index in [2.05, 4.69) is 6.92 Å². The van der Waals surface area contributed by atoms with Crippen molar-refractivity contribution >= 4 is 6.09 Å². The predicted molar refractivity (Wildman–Crippen MR) is 78.3 cm³/mol. The highest BCUT2D eigenvalue weighted by atomic mass is 16.6. The minimum atomic E-state index is -0.306. The zero-order valence-electron chi connectivity index (χ0n) is 12.7. The first-order chi connectivity index (χ1) is 9.26. The Morgan fingerprint density at radius 3 is 2.05 bits per heavy atom. The van der Waals surface area contributed by atoms with Gasteiger partial charge in [0.15, 0.2) is 0 Å². The molecule has 0 aliphatic heterocycles. The molecule has 0 fully saturated rings. The summed E-state index contributed by atoms with van der Waals surface area (Å²) >= 11 is 0. The Morgan fingerprint density at radius 1 is 0.947 bits per heavy atom. The largest absolute Gasteiger partial charge is 0.450 e. The van der Waals surface area contributed by atoms with Crippen LogP contribution in [0, 0.1) is 0 Å². The van der Waals surface area contributed by atoms with Crippen LogP contribution in [-0.4, -0.2) is 42.4 Å². The zero-order valence-corrected chi connectivity index (χ0v) is 12.7. The van der Waals surface area contributed by atoms with Crippen LogP contribution in [0.3, 0.4) is 0 Å². The Kier molecular flexibility index (Phi) is 13.1. The van der Waals surface area contributed by atoms with E-state index in [0.29, 0.717) is 19.7 Å². The number of unbranched alkanes of at least 4 members (excludes halogenated alkanes) is 7. The molecular formula is C15H31NO3. The molecule has 0 unspecified atom stereocenters. The summed E-state index contributed by atoms with van der Waals surface area (Å²) in [6.07, 6.45) is 9.66. The van der Waals surface area contributed by atoms with E-state index in [1.165, 1.54) is 38.5 Å². The van der Waals surface area contributed by atoms with Gasteiger partial charge in [0, 0.05) is 13.1 Å². The summed E-state index contributed by atoms with van der Waals surface area (Å²) in [4.78, 5) is 13.2. The number of rotatable bonds is 12. The van der Waals surface area contributed by atoms with E-state index < -0.39 is 0 Å². The molecule has 0 atom stereocenters. The topological polar surface area (TPSA) is 49.8 Å². The third-order valence-corrected chi connectivity index (χ3v) is 3.18. The Balaban J connectivity index is 3.55. The SMILES string of the molecule is CCCCCCCCCCN(CCO)C(=O)OCC. The summed E-state index contributed by atoms with van der Waals surface area (Å²) < 4.78 is 4.95. The number of amides is 1. The summed E-state index contributed by atoms with van der Waals surface area (Å²) in [5.74, 6) is 0. The van der Waals surface area contributed by atoms with Crippen molar-refractivity contribution in [2.75, 3.05) is 26.3 Å². The molecule has 0 heterocycles. The van der Waals surface area contributed by atoms with Gasteiger partial charge in [-0.2, -0.15) is 0 Å². The standard InChI is InChI=1S/C15H31NO3/c1-3-5-6-7-8-9-10-11-12-16(13-14-17)15(18)19-4-2/h17H,3-14H2,1-2H3. The number of hydrogen-bond acceptors (Lipinski definition) is 3. The van der Waals surface area contributed by atoms with Gasteiger partial charge in [0.05, 0.1) is 13.2 Å². The Bertz CT molecular complexity index is 210. The van der Waals surface area contributed by atoms with Crippen LogP contribution in [-0.2, 0) is 4.74 Å². The molecular weight excluding hydrogens is 242 g/mol. The second-order valence-corrected chi connectivity index (χ2v) is 4.88. The molecule has 4 nitrogen and oxygen atoms in total. The maximum Gasteiger partial charge on any atom is 0.409 e. The first kappa shape index (κ1) is 18.2. The first-order valence-electron chi connectivity index (χ1n) is 7.78. The lowest BCUT2D eigenvalue weighted by Crippen LogP contribution is -2.34. The van der Waals surface area contributed by atoms with E-state index in [-0.39, 0.29) is 12.7 Å². The van der Waals surface area contributed by atoms with Crippen molar-refractivity contribution in [2.45, 2.75) is 65.2 Å². The first-order valence-corrected chi connectivity index (χ1v) is 7.78. The number of hydrogen-bond donors (Lipinski definition) is 1. The third kappa shape index (κ3) is 10.8. The molecule has 0 aromatic carbocycles. The predicted octanol–water partition coefficient (Wildman–Crippen LogP) is 3.58. The van der Waals surface area contributed by atoms with E-state index in [4.69, 9.17) is 9.84 Å². The van der Waals surface area contributed by atoms with Crippen LogP contribution in [0.4, 0.5) is 4.79 Å². The van der Waals surface area contributed by atoms with Crippen molar-refractivity contribution in [1.82, 2.24) is 4.90 Å². The highest BCUT2D eigenvalue weighted by molar-refractivity contribution is 5.67. The van der Waals surface area contributed by atoms with Crippen molar-refractivity contribution in [1.29, 1.82) is 0 Å². The van der Waals surface area contributed by atoms with Crippen molar-refractivity contribution in [3.05, 3.63) is 0 Å². The van der Waals surface area contributed by atoms with Gasteiger partial charge in [-0.25, -0.2) is 4.79 Å². The summed E-state index contributed by atoms with van der Waals surface area (Å²) in [6.45, 7) is 5.47. The van der Waals surface area contributed by atoms with Gasteiger partial charge in [-0.15, -0.1) is 0 Å². The van der Waals surface area contributed by atoms with Gasteiger partial charge in [0.25, 0.3) is 0 Å². The number of nitrogens with zero attached hydrogens (tertiary/aromatic N) is 1. The zero-order chi connectivity index (χ0) is 14.3. The van der Waals surface area contributed by atoms with Crippen molar-refractivity contribution in [3.8, 4) is 0 Å². The molecule has 1 N–H and O–H groups in total. The highest BCUT2D eigenvalue weighted by Gasteiger charge is 2.12. The molecule has 1 amide bonds. The van der Waals surface area contributed by atoms with Gasteiger partial charge in [0.2, 0.25) is 0 Å². The summed E-state index contributed by atoms with van der Waals surface area (Å²) in [5.41, 5.74) is 0. The molecule has 0 bridgehead atoms. The lowest BCUT2D eigenvalue weighted by atomic mass is 10.1. The van der Waals surface area contributed by atoms with Gasteiger partial charge in [-0.05, 0) is 13.3 Å². The molecule has 4 heteroatoms. The Labute approximate surface area is 118 Å². The van der Waals surface area contributed by atoms with E-state index in [0.717, 1.165) is 12.8 Å². The Morgan fingerprint density at radius 2 is 1.53 bits per heavy atom. The number of aliphatic hydroxyl groups excluding tert-OH is 1. The number of ether oxygens (including phenoxy) is 1. The molecule has 0 aromatic heterocycles. The summed E-state index contributed by atoms with van der Waals surface area (Å²) in [6, 6.07) is 0. The molecule has 0 saturated carbocycles. The quantitative estimate of drug-likeness (QED) is 0.553. The van der Waals surface area contributed by atoms with Gasteiger partial charge in [0.1, 0.15) is 0 Å². The molecule has 0 spiro atoms. The van der Waals surface area contributed by atoms with Gasteiger partial charge in [-0.3, -0.25) is 0 Å². The molecule has 19 heavy (non-hydrogen) atoms. The fourth-order valence-electron chi connectivity index (χ4n) is 2.07. The van der Waals surface area contributed by atoms with Gasteiger partial charge in [-0.1, -0.05) is 51.9 Å². The van der Waals surface area contributed by atoms with Crippen molar-refractivity contribution in [3.63, 3.8) is 0 Å². The van der Waals surface area contributed by atoms with E-state index >= 15 is 0 Å². The number of carbonyl (C=O) groups is 1. The van der Waals surface area contributed by atoms with Crippen LogP contribution in [0.5, 0.6) is 0 Å².